The summed E-state index contributed by atoms with van der Waals surface area (Å²) in [6.07, 6.45) is 0. The Morgan fingerprint density at radius 2 is 1.61 bits per heavy atom. The first-order chi connectivity index (χ1) is 8.83. The molecule has 0 bridgehead atoms. The average Bonchev–Trinajstić information content (AvgIpc) is 2.78. The van der Waals surface area contributed by atoms with Gasteiger partial charge in [0.05, 0.1) is 0 Å². The summed E-state index contributed by atoms with van der Waals surface area (Å²) in [7, 11) is 3.02. The van der Waals surface area contributed by atoms with E-state index in [2.05, 4.69) is 42.5 Å². The minimum absolute atomic E-state index is 0.298. The van der Waals surface area contributed by atoms with E-state index in [4.69, 9.17) is 9.31 Å². The highest BCUT2D eigenvalue weighted by Gasteiger charge is 2.18. The van der Waals surface area contributed by atoms with E-state index in [1.165, 1.54) is 20.2 Å². The Bertz CT molecular complexity index is 688. The summed E-state index contributed by atoms with van der Waals surface area (Å²) in [6, 6.07) is 14.8. The van der Waals surface area contributed by atoms with Crippen LogP contribution in [-0.2, 0) is 9.31 Å². The first kappa shape index (κ1) is 11.7. The second-order valence-electron chi connectivity index (χ2n) is 4.16. The standard InChI is InChI=1S/C14H13BO2S/c1-16-15(17-2)10-7-8-14-12(9-10)11-5-3-4-6-13(11)18-14/h3-9H,1-2H3. The first-order valence-corrected chi connectivity index (χ1v) is 6.62. The van der Waals surface area contributed by atoms with E-state index in [1.807, 2.05) is 11.3 Å². The maximum atomic E-state index is 5.30. The van der Waals surface area contributed by atoms with E-state index in [1.54, 1.807) is 14.2 Å². The molecule has 0 unspecified atom stereocenters. The first-order valence-electron chi connectivity index (χ1n) is 5.80. The summed E-state index contributed by atoms with van der Waals surface area (Å²) < 4.78 is 13.2. The Balaban J connectivity index is 2.24. The van der Waals surface area contributed by atoms with Gasteiger partial charge in [-0.05, 0) is 23.0 Å². The van der Waals surface area contributed by atoms with Crippen molar-refractivity contribution < 1.29 is 9.31 Å². The molecule has 0 saturated heterocycles. The molecule has 0 aliphatic rings. The third-order valence-corrected chi connectivity index (χ3v) is 4.25. The monoisotopic (exact) mass is 256 g/mol. The second-order valence-corrected chi connectivity index (χ2v) is 5.24. The summed E-state index contributed by atoms with van der Waals surface area (Å²) in [5, 5.41) is 2.57. The molecule has 2 nitrogen and oxygen atoms in total. The Morgan fingerprint density at radius 3 is 2.39 bits per heavy atom. The lowest BCUT2D eigenvalue weighted by Gasteiger charge is -2.08. The van der Waals surface area contributed by atoms with E-state index in [-0.39, 0.29) is 7.12 Å². The summed E-state index contributed by atoms with van der Waals surface area (Å²) in [6.45, 7) is 0. The molecule has 0 spiro atoms. The van der Waals surface area contributed by atoms with Gasteiger partial charge in [0.2, 0.25) is 0 Å². The normalized spacial score (nSPS) is 11.2. The average molecular weight is 256 g/mol. The highest BCUT2D eigenvalue weighted by Crippen LogP contribution is 2.32. The van der Waals surface area contributed by atoms with Gasteiger partial charge in [-0.15, -0.1) is 11.3 Å². The lowest BCUT2D eigenvalue weighted by atomic mass is 9.78. The van der Waals surface area contributed by atoms with Crippen LogP contribution < -0.4 is 5.46 Å². The van der Waals surface area contributed by atoms with Gasteiger partial charge in [0.15, 0.2) is 0 Å². The smallest absolute Gasteiger partial charge is 0.410 e. The summed E-state index contributed by atoms with van der Waals surface area (Å²) in [5.74, 6) is 0. The molecule has 0 saturated carbocycles. The maximum absolute atomic E-state index is 5.30. The van der Waals surface area contributed by atoms with Crippen molar-refractivity contribution in [3.8, 4) is 0 Å². The molecule has 4 heteroatoms. The minimum Gasteiger partial charge on any atom is -0.410 e. The number of hydrogen-bond acceptors (Lipinski definition) is 3. The molecule has 0 atom stereocenters. The van der Waals surface area contributed by atoms with Crippen LogP contribution in [0.5, 0.6) is 0 Å². The number of rotatable bonds is 3. The largest absolute Gasteiger partial charge is 0.493 e. The van der Waals surface area contributed by atoms with E-state index >= 15 is 0 Å². The number of hydrogen-bond donors (Lipinski definition) is 0. The van der Waals surface area contributed by atoms with Crippen molar-refractivity contribution in [1.82, 2.24) is 0 Å². The predicted molar refractivity (Wildman–Crippen MR) is 78.7 cm³/mol. The summed E-state index contributed by atoms with van der Waals surface area (Å²) >= 11 is 1.82. The fourth-order valence-electron chi connectivity index (χ4n) is 2.26. The zero-order valence-corrected chi connectivity index (χ0v) is 11.2. The van der Waals surface area contributed by atoms with Crippen LogP contribution in [0.25, 0.3) is 20.2 Å². The minimum atomic E-state index is -0.298. The van der Waals surface area contributed by atoms with Crippen LogP contribution in [0.2, 0.25) is 0 Å². The van der Waals surface area contributed by atoms with E-state index in [0.717, 1.165) is 5.46 Å². The molecule has 3 aromatic rings. The molecule has 3 rings (SSSR count). The highest BCUT2D eigenvalue weighted by atomic mass is 32.1. The van der Waals surface area contributed by atoms with Crippen LogP contribution >= 0.6 is 11.3 Å². The van der Waals surface area contributed by atoms with Crippen LogP contribution in [0.1, 0.15) is 0 Å². The third kappa shape index (κ3) is 1.83. The molecule has 90 valence electrons. The van der Waals surface area contributed by atoms with Crippen molar-refractivity contribution >= 4 is 44.1 Å². The van der Waals surface area contributed by atoms with Crippen LogP contribution in [0.4, 0.5) is 0 Å². The fraction of sp³-hybridized carbons (Fsp3) is 0.143. The van der Waals surface area contributed by atoms with E-state index in [0.29, 0.717) is 0 Å². The predicted octanol–water partition coefficient (Wildman–Crippen LogP) is 3.04. The van der Waals surface area contributed by atoms with Crippen LogP contribution in [0, 0.1) is 0 Å². The molecular weight excluding hydrogens is 243 g/mol. The van der Waals surface area contributed by atoms with Crippen LogP contribution in [-0.4, -0.2) is 21.3 Å². The number of thiophene rings is 1. The lowest BCUT2D eigenvalue weighted by molar-refractivity contribution is 0.292. The molecule has 0 aliphatic carbocycles. The molecule has 0 N–H and O–H groups in total. The highest BCUT2D eigenvalue weighted by molar-refractivity contribution is 7.25. The van der Waals surface area contributed by atoms with Gasteiger partial charge < -0.3 is 9.31 Å². The zero-order valence-electron chi connectivity index (χ0n) is 10.3. The Hall–Kier alpha value is -1.36. The topological polar surface area (TPSA) is 18.5 Å². The van der Waals surface area contributed by atoms with Crippen molar-refractivity contribution in [2.45, 2.75) is 0 Å². The van der Waals surface area contributed by atoms with Crippen molar-refractivity contribution in [3.05, 3.63) is 42.5 Å². The van der Waals surface area contributed by atoms with Gasteiger partial charge >= 0.3 is 7.12 Å². The Labute approximate surface area is 110 Å². The fourth-order valence-corrected chi connectivity index (χ4v) is 3.35. The van der Waals surface area contributed by atoms with Gasteiger partial charge in [0.1, 0.15) is 0 Å². The molecule has 0 fully saturated rings. The van der Waals surface area contributed by atoms with Crippen LogP contribution in [0.15, 0.2) is 42.5 Å². The van der Waals surface area contributed by atoms with Gasteiger partial charge in [0, 0.05) is 29.0 Å². The van der Waals surface area contributed by atoms with Crippen LogP contribution in [0.3, 0.4) is 0 Å². The molecule has 0 radical (unpaired) electrons. The molecule has 1 heterocycles. The summed E-state index contributed by atoms with van der Waals surface area (Å²) in [4.78, 5) is 0. The lowest BCUT2D eigenvalue weighted by Crippen LogP contribution is -2.34. The number of fused-ring (bicyclic) bond motifs is 3. The van der Waals surface area contributed by atoms with Crippen molar-refractivity contribution in [2.24, 2.45) is 0 Å². The maximum Gasteiger partial charge on any atom is 0.493 e. The molecular formula is C14H13BO2S. The molecule has 1 aromatic heterocycles. The van der Waals surface area contributed by atoms with Gasteiger partial charge in [-0.1, -0.05) is 30.3 Å². The van der Waals surface area contributed by atoms with Gasteiger partial charge in [-0.25, -0.2) is 0 Å². The second kappa shape index (κ2) is 4.73. The van der Waals surface area contributed by atoms with E-state index in [9.17, 15) is 0 Å². The van der Waals surface area contributed by atoms with Crippen molar-refractivity contribution in [1.29, 1.82) is 0 Å². The van der Waals surface area contributed by atoms with E-state index < -0.39 is 0 Å². The molecule has 2 aromatic carbocycles. The van der Waals surface area contributed by atoms with Crippen molar-refractivity contribution in [3.63, 3.8) is 0 Å². The SMILES string of the molecule is COB(OC)c1ccc2sc3ccccc3c2c1. The Kier molecular flexibility index (Phi) is 3.08. The van der Waals surface area contributed by atoms with Gasteiger partial charge in [-0.2, -0.15) is 0 Å². The van der Waals surface area contributed by atoms with Gasteiger partial charge in [0.25, 0.3) is 0 Å². The molecule has 0 aliphatic heterocycles. The third-order valence-electron chi connectivity index (χ3n) is 3.10. The molecule has 0 amide bonds. The zero-order chi connectivity index (χ0) is 12.5. The summed E-state index contributed by atoms with van der Waals surface area (Å²) in [5.41, 5.74) is 1.05. The number of benzene rings is 2. The Morgan fingerprint density at radius 1 is 0.889 bits per heavy atom. The van der Waals surface area contributed by atoms with Gasteiger partial charge in [-0.3, -0.25) is 0 Å². The quantitative estimate of drug-likeness (QED) is 0.670. The molecule has 18 heavy (non-hydrogen) atoms. The van der Waals surface area contributed by atoms with Crippen molar-refractivity contribution in [2.75, 3.05) is 14.2 Å².